The van der Waals surface area contributed by atoms with Crippen LogP contribution in [-0.2, 0) is 18.2 Å². The van der Waals surface area contributed by atoms with Crippen molar-refractivity contribution in [1.29, 1.82) is 0 Å². The Kier molecular flexibility index (Phi) is 10.6. The van der Waals surface area contributed by atoms with Crippen molar-refractivity contribution in [3.63, 3.8) is 0 Å². The molecule has 3 heteroatoms. The Bertz CT molecular complexity index is 116. The number of unbranched alkanes of at least 4 members (excludes halogenated alkanes) is 2. The van der Waals surface area contributed by atoms with Crippen LogP contribution in [0.5, 0.6) is 0 Å². The van der Waals surface area contributed by atoms with Gasteiger partial charge in [-0.15, -0.1) is 0 Å². The van der Waals surface area contributed by atoms with Gasteiger partial charge in [0, 0.05) is 0 Å². The summed E-state index contributed by atoms with van der Waals surface area (Å²) in [5.41, 5.74) is 0. The summed E-state index contributed by atoms with van der Waals surface area (Å²) in [5.74, 6) is 0. The van der Waals surface area contributed by atoms with Crippen LogP contribution in [-0.4, -0.2) is 13.1 Å². The second kappa shape index (κ2) is 10.3. The first kappa shape index (κ1) is 11.3. The molecule has 0 atom stereocenters. The Morgan fingerprint density at radius 1 is 0.909 bits per heavy atom. The Morgan fingerprint density at radius 3 is 1.73 bits per heavy atom. The van der Waals surface area contributed by atoms with E-state index in [1.165, 1.54) is 25.7 Å². The summed E-state index contributed by atoms with van der Waals surface area (Å²) >= 11 is -0.600. The van der Waals surface area contributed by atoms with Crippen LogP contribution in [0, 0.1) is 0 Å². The van der Waals surface area contributed by atoms with E-state index in [9.17, 15) is 0 Å². The molecule has 0 saturated heterocycles. The van der Waals surface area contributed by atoms with Gasteiger partial charge in [0.2, 0.25) is 0 Å². The van der Waals surface area contributed by atoms with Crippen LogP contribution in [0.2, 0.25) is 0 Å². The molecule has 0 aliphatic rings. The second-order valence-corrected chi connectivity index (χ2v) is 4.94. The molecule has 0 rings (SSSR count). The summed E-state index contributed by atoms with van der Waals surface area (Å²) in [6.45, 7) is 6.54. The van der Waals surface area contributed by atoms with E-state index in [4.69, 9.17) is 0 Å². The average molecular weight is 326 g/mol. The van der Waals surface area contributed by atoms with E-state index in [2.05, 4.69) is 20.8 Å². The van der Waals surface area contributed by atoms with Crippen molar-refractivity contribution in [2.75, 3.05) is 13.1 Å². The molecular formula is C8H18N2W+2. The molecule has 0 amide bonds. The summed E-state index contributed by atoms with van der Waals surface area (Å²) in [6.07, 6.45) is 5.03. The molecule has 0 heterocycles. The van der Waals surface area contributed by atoms with Gasteiger partial charge in [0.1, 0.15) is 0 Å². The summed E-state index contributed by atoms with van der Waals surface area (Å²) in [4.78, 5) is 0. The van der Waals surface area contributed by atoms with Crippen LogP contribution in [0.1, 0.15) is 39.5 Å². The summed E-state index contributed by atoms with van der Waals surface area (Å²) in [6, 6.07) is 0. The quantitative estimate of drug-likeness (QED) is 0.671. The molecule has 0 radical (unpaired) electrons. The minimum atomic E-state index is -0.600. The van der Waals surface area contributed by atoms with Gasteiger partial charge in [-0.3, -0.25) is 0 Å². The SMILES string of the molecule is CCCC[N]=[W+2]=[N]CCCC. The minimum absolute atomic E-state index is 0.600. The summed E-state index contributed by atoms with van der Waals surface area (Å²) < 4.78 is 8.87. The van der Waals surface area contributed by atoms with Crippen molar-refractivity contribution in [2.45, 2.75) is 39.5 Å². The number of hydrogen-bond acceptors (Lipinski definition) is 2. The molecule has 0 N–H and O–H groups in total. The standard InChI is InChI=1S/2C4H9N.W/c2*1-2-3-4-5;/h2*2-4H2,1H3;/q;;+2. The van der Waals surface area contributed by atoms with Gasteiger partial charge in [0.05, 0.1) is 0 Å². The molecule has 0 spiro atoms. The van der Waals surface area contributed by atoms with Crippen molar-refractivity contribution in [2.24, 2.45) is 6.99 Å². The van der Waals surface area contributed by atoms with Crippen LogP contribution in [0.3, 0.4) is 0 Å². The molecule has 0 aliphatic carbocycles. The van der Waals surface area contributed by atoms with Crippen LogP contribution < -0.4 is 0 Å². The number of rotatable bonds is 6. The molecule has 0 bridgehead atoms. The van der Waals surface area contributed by atoms with Crippen LogP contribution >= 0.6 is 0 Å². The third-order valence-electron chi connectivity index (χ3n) is 1.32. The molecule has 0 unspecified atom stereocenters. The van der Waals surface area contributed by atoms with E-state index in [-0.39, 0.29) is 0 Å². The molecule has 0 fully saturated rings. The monoisotopic (exact) mass is 326 g/mol. The maximum absolute atomic E-state index is 4.43. The van der Waals surface area contributed by atoms with Gasteiger partial charge in [0.25, 0.3) is 0 Å². The van der Waals surface area contributed by atoms with Crippen LogP contribution in [0.15, 0.2) is 6.99 Å². The topological polar surface area (TPSA) is 24.7 Å². The molecule has 0 aromatic rings. The molecule has 64 valence electrons. The number of hydrogen-bond donors (Lipinski definition) is 0. The predicted molar refractivity (Wildman–Crippen MR) is 44.4 cm³/mol. The fourth-order valence-corrected chi connectivity index (χ4v) is 2.38. The summed E-state index contributed by atoms with van der Waals surface area (Å²) in [5, 5.41) is 0. The Balaban J connectivity index is 3.17. The first-order valence-electron chi connectivity index (χ1n) is 4.41. The molecule has 11 heavy (non-hydrogen) atoms. The van der Waals surface area contributed by atoms with Crippen molar-refractivity contribution in [3.05, 3.63) is 0 Å². The Morgan fingerprint density at radius 2 is 1.36 bits per heavy atom. The normalized spacial score (nSPS) is 8.91. The first-order valence-corrected chi connectivity index (χ1v) is 7.04. The van der Waals surface area contributed by atoms with E-state index < -0.39 is 18.2 Å². The zero-order valence-corrected chi connectivity index (χ0v) is 10.5. The van der Waals surface area contributed by atoms with Crippen molar-refractivity contribution in [3.8, 4) is 0 Å². The van der Waals surface area contributed by atoms with Crippen molar-refractivity contribution in [1.82, 2.24) is 0 Å². The molecule has 0 saturated carbocycles. The fraction of sp³-hybridized carbons (Fsp3) is 1.00. The molecule has 0 aromatic carbocycles. The maximum atomic E-state index is 4.43. The van der Waals surface area contributed by atoms with E-state index in [0.29, 0.717) is 0 Å². The Hall–Kier alpha value is 0.288. The molecule has 2 nitrogen and oxygen atoms in total. The number of nitrogens with zero attached hydrogens (tertiary/aromatic N) is 2. The van der Waals surface area contributed by atoms with E-state index in [1.807, 2.05) is 0 Å². The predicted octanol–water partition coefficient (Wildman–Crippen LogP) is 3.04. The third-order valence-corrected chi connectivity index (χ3v) is 3.46. The van der Waals surface area contributed by atoms with Gasteiger partial charge >= 0.3 is 77.8 Å². The van der Waals surface area contributed by atoms with E-state index >= 15 is 0 Å². The summed E-state index contributed by atoms with van der Waals surface area (Å²) in [7, 11) is 0. The second-order valence-electron chi connectivity index (χ2n) is 2.49. The molecule has 0 aromatic heterocycles. The zero-order valence-electron chi connectivity index (χ0n) is 7.55. The van der Waals surface area contributed by atoms with Gasteiger partial charge in [-0.2, -0.15) is 0 Å². The van der Waals surface area contributed by atoms with Crippen molar-refractivity contribution >= 4 is 0 Å². The zero-order chi connectivity index (χ0) is 8.36. The Labute approximate surface area is 78.0 Å². The van der Waals surface area contributed by atoms with Crippen LogP contribution in [0.25, 0.3) is 0 Å². The fourth-order valence-electron chi connectivity index (χ4n) is 0.568. The van der Waals surface area contributed by atoms with Gasteiger partial charge in [-0.05, 0) is 0 Å². The van der Waals surface area contributed by atoms with Crippen molar-refractivity contribution < 1.29 is 18.2 Å². The van der Waals surface area contributed by atoms with Gasteiger partial charge in [-0.1, -0.05) is 0 Å². The van der Waals surface area contributed by atoms with Gasteiger partial charge in [-0.25, -0.2) is 0 Å². The van der Waals surface area contributed by atoms with Gasteiger partial charge in [0.15, 0.2) is 0 Å². The average Bonchev–Trinajstić information content (AvgIpc) is 2.03. The van der Waals surface area contributed by atoms with E-state index in [1.54, 1.807) is 0 Å². The van der Waals surface area contributed by atoms with Gasteiger partial charge < -0.3 is 0 Å². The molecule has 0 aliphatic heterocycles. The molecular weight excluding hydrogens is 308 g/mol. The first-order chi connectivity index (χ1) is 5.41. The van der Waals surface area contributed by atoms with E-state index in [0.717, 1.165) is 13.1 Å². The third kappa shape index (κ3) is 10.3. The van der Waals surface area contributed by atoms with Crippen LogP contribution in [0.4, 0.5) is 0 Å².